The fourth-order valence-corrected chi connectivity index (χ4v) is 11.1. The highest BCUT2D eigenvalue weighted by molar-refractivity contribution is 7.11. The average molecular weight is 978 g/mol. The number of nitrogens with one attached hydrogen (secondary N) is 4. The van der Waals surface area contributed by atoms with Crippen molar-refractivity contribution in [3.05, 3.63) is 93.5 Å². The van der Waals surface area contributed by atoms with Crippen molar-refractivity contribution in [2.75, 3.05) is 27.3 Å². The summed E-state index contributed by atoms with van der Waals surface area (Å²) in [6.45, 7) is 8.52. The van der Waals surface area contributed by atoms with Gasteiger partial charge >= 0.3 is 12.2 Å². The molecule has 2 saturated heterocycles. The van der Waals surface area contributed by atoms with Gasteiger partial charge in [0, 0.05) is 36.3 Å². The lowest BCUT2D eigenvalue weighted by molar-refractivity contribution is -0.136. The normalized spacial score (nSPS) is 20.6. The maximum Gasteiger partial charge on any atom is 0.407 e. The van der Waals surface area contributed by atoms with Crippen LogP contribution in [0.15, 0.2) is 55.0 Å². The molecule has 70 heavy (non-hydrogen) atoms. The number of fused-ring (bicyclic) bond motifs is 1. The number of carbonyl (C=O) groups is 4. The molecule has 370 valence electrons. The van der Waals surface area contributed by atoms with Gasteiger partial charge in [0.15, 0.2) is 0 Å². The lowest BCUT2D eigenvalue weighted by atomic mass is 10.0. The summed E-state index contributed by atoms with van der Waals surface area (Å²) in [5.74, 6) is 0.805. The SMILES string of the molecule is COC(=O)N[C@H](C(=O)N1CCC[C@H]1c1ncc(-c2cccc(/C=C3\OC(c4cnc(C5CCCC5)s4)Oc4cc(-c5cnc([C@@H]6CCCN6C(=O)[C@@H](NC(=O)OC)C(C)C)[nH]5)cc(F)c43)c2)[nH]1)C(C)C. The number of nitrogens with zero attached hydrogens (tertiary/aromatic N) is 5. The number of imidazole rings is 2. The standard InChI is InChI=1S/C51H60FN9O8S/c1-27(2)42(58-50(64)66-5)47(62)60-18-10-16-36(60)44-53-24-34(56-44)31-15-9-12-29(20-31)21-38-41-33(52)22-32(23-39(41)69-49(68-38)40-26-55-46(70-40)30-13-7-8-14-30)35-25-54-45(57-35)37-17-11-19-61(37)48(63)43(28(3)4)59-51(65)67-6/h9,12,15,20-28,30,36-37,42-43,49H,7-8,10-11,13-14,16-19H2,1-6H3,(H,53,56)(H,54,57)(H,58,64)(H,59,65)/b38-21-/t36-,37-,42-,43-,49?/m0/s1. The number of rotatable bonds is 13. The smallest absolute Gasteiger partial charge is 0.407 e. The van der Waals surface area contributed by atoms with Gasteiger partial charge in [0.25, 0.3) is 6.29 Å². The van der Waals surface area contributed by atoms with Crippen LogP contribution in [0.2, 0.25) is 0 Å². The van der Waals surface area contributed by atoms with E-state index in [9.17, 15) is 19.2 Å². The second-order valence-corrected chi connectivity index (χ2v) is 20.2. The van der Waals surface area contributed by atoms with Crippen LogP contribution in [0.4, 0.5) is 14.0 Å². The van der Waals surface area contributed by atoms with E-state index < -0.39 is 36.4 Å². The summed E-state index contributed by atoms with van der Waals surface area (Å²) in [4.78, 5) is 77.2. The minimum absolute atomic E-state index is 0.160. The predicted molar refractivity (Wildman–Crippen MR) is 259 cm³/mol. The highest BCUT2D eigenvalue weighted by atomic mass is 32.1. The summed E-state index contributed by atoms with van der Waals surface area (Å²) in [5.41, 5.74) is 3.47. The maximum atomic E-state index is 16.8. The largest absolute Gasteiger partial charge is 0.453 e. The fraction of sp³-hybridized carbons (Fsp3) is 0.471. The minimum Gasteiger partial charge on any atom is -0.453 e. The van der Waals surface area contributed by atoms with Crippen molar-refractivity contribution >= 4 is 47.2 Å². The third kappa shape index (κ3) is 9.98. The van der Waals surface area contributed by atoms with Gasteiger partial charge in [-0.2, -0.15) is 0 Å². The zero-order valence-corrected chi connectivity index (χ0v) is 41.1. The Labute approximate surface area is 409 Å². The summed E-state index contributed by atoms with van der Waals surface area (Å²) in [5, 5.41) is 6.42. The Balaban J connectivity index is 1.00. The molecule has 4 aliphatic rings. The highest BCUT2D eigenvalue weighted by Gasteiger charge is 2.40. The second kappa shape index (κ2) is 20.7. The summed E-state index contributed by atoms with van der Waals surface area (Å²) in [7, 11) is 2.54. The first-order valence-corrected chi connectivity index (χ1v) is 25.0. The van der Waals surface area contributed by atoms with Crippen molar-refractivity contribution in [2.45, 2.75) is 115 Å². The van der Waals surface area contributed by atoms with Gasteiger partial charge in [-0.1, -0.05) is 58.7 Å². The lowest BCUT2D eigenvalue weighted by Crippen LogP contribution is -2.51. The van der Waals surface area contributed by atoms with Crippen molar-refractivity contribution in [1.29, 1.82) is 0 Å². The third-order valence-electron chi connectivity index (χ3n) is 13.7. The van der Waals surface area contributed by atoms with Gasteiger partial charge in [0.1, 0.15) is 45.9 Å². The average Bonchev–Trinajstić information content (AvgIpc) is 4.21. The molecule has 17 nitrogen and oxygen atoms in total. The van der Waals surface area contributed by atoms with E-state index in [0.717, 1.165) is 52.4 Å². The Morgan fingerprint density at radius 3 is 1.91 bits per heavy atom. The Morgan fingerprint density at radius 2 is 1.34 bits per heavy atom. The molecule has 1 unspecified atom stereocenters. The lowest BCUT2D eigenvalue weighted by Gasteiger charge is -2.30. The van der Waals surface area contributed by atoms with E-state index in [2.05, 4.69) is 25.6 Å². The quantitative estimate of drug-likeness (QED) is 0.0874. The molecule has 5 aromatic rings. The van der Waals surface area contributed by atoms with Crippen molar-refractivity contribution in [1.82, 2.24) is 45.4 Å². The number of benzene rings is 2. The second-order valence-electron chi connectivity index (χ2n) is 19.1. The number of hydrogen-bond acceptors (Lipinski definition) is 12. The van der Waals surface area contributed by atoms with Gasteiger partial charge in [-0.05, 0) is 80.2 Å². The number of halogens is 1. The molecule has 0 radical (unpaired) electrons. The molecule has 3 aromatic heterocycles. The Morgan fingerprint density at radius 1 is 0.757 bits per heavy atom. The van der Waals surface area contributed by atoms with E-state index in [1.54, 1.807) is 51.9 Å². The van der Waals surface area contributed by atoms with Crippen LogP contribution in [-0.4, -0.2) is 98.1 Å². The van der Waals surface area contributed by atoms with Crippen LogP contribution in [0.3, 0.4) is 0 Å². The number of amides is 4. The number of thiazole rings is 1. The first kappa shape index (κ1) is 48.3. The number of aromatic amines is 2. The number of carbonyl (C=O) groups excluding carboxylic acids is 4. The van der Waals surface area contributed by atoms with Crippen LogP contribution in [-0.2, 0) is 23.8 Å². The monoisotopic (exact) mass is 977 g/mol. The topological polar surface area (TPSA) is 206 Å². The molecular weight excluding hydrogens is 918 g/mol. The van der Waals surface area contributed by atoms with E-state index in [4.69, 9.17) is 28.9 Å². The maximum absolute atomic E-state index is 16.8. The molecule has 2 aromatic carbocycles. The molecule has 4 amide bonds. The van der Waals surface area contributed by atoms with E-state index in [1.165, 1.54) is 33.1 Å². The number of methoxy groups -OCH3 is 2. The minimum atomic E-state index is -0.905. The van der Waals surface area contributed by atoms with Crippen LogP contribution < -0.4 is 15.4 Å². The molecule has 19 heteroatoms. The van der Waals surface area contributed by atoms with Crippen LogP contribution in [0, 0.1) is 17.7 Å². The molecule has 6 heterocycles. The molecule has 4 N–H and O–H groups in total. The molecule has 1 saturated carbocycles. The van der Waals surface area contributed by atoms with E-state index in [-0.39, 0.29) is 52.8 Å². The van der Waals surface area contributed by atoms with Crippen molar-refractivity contribution in [3.63, 3.8) is 0 Å². The van der Waals surface area contributed by atoms with Gasteiger partial charge in [-0.3, -0.25) is 9.59 Å². The van der Waals surface area contributed by atoms with Gasteiger partial charge < -0.3 is 49.3 Å². The van der Waals surface area contributed by atoms with E-state index in [1.807, 2.05) is 52.0 Å². The van der Waals surface area contributed by atoms with Crippen molar-refractivity contribution < 1.29 is 42.5 Å². The van der Waals surface area contributed by atoms with Gasteiger partial charge in [-0.15, -0.1) is 11.3 Å². The van der Waals surface area contributed by atoms with Crippen LogP contribution in [0.1, 0.15) is 136 Å². The summed E-state index contributed by atoms with van der Waals surface area (Å²) >= 11 is 1.55. The Kier molecular flexibility index (Phi) is 14.3. The Hall–Kier alpha value is -6.76. The molecule has 1 aliphatic carbocycles. The predicted octanol–water partition coefficient (Wildman–Crippen LogP) is 9.41. The third-order valence-corrected chi connectivity index (χ3v) is 14.9. The molecular formula is C51H60FN9O8S. The number of alkyl carbamates (subject to hydrolysis) is 2. The van der Waals surface area contributed by atoms with Gasteiger partial charge in [0.2, 0.25) is 11.8 Å². The van der Waals surface area contributed by atoms with Gasteiger partial charge in [-0.25, -0.2) is 28.9 Å². The summed E-state index contributed by atoms with van der Waals surface area (Å²) < 4.78 is 39.5. The first-order chi connectivity index (χ1) is 33.8. The molecule has 3 aliphatic heterocycles. The zero-order chi connectivity index (χ0) is 49.2. The molecule has 3 fully saturated rings. The number of aromatic nitrogens is 5. The zero-order valence-electron chi connectivity index (χ0n) is 40.3. The number of H-pyrrole nitrogens is 2. The number of likely N-dealkylation sites (tertiary alicyclic amines) is 2. The van der Waals surface area contributed by atoms with Crippen molar-refractivity contribution in [3.8, 4) is 28.3 Å². The van der Waals surface area contributed by atoms with Gasteiger partial charge in [0.05, 0.1) is 60.7 Å². The Bertz CT molecular complexity index is 2760. The molecule has 5 atom stereocenters. The molecule has 9 rings (SSSR count). The van der Waals surface area contributed by atoms with Crippen LogP contribution >= 0.6 is 11.3 Å². The van der Waals surface area contributed by atoms with Crippen LogP contribution in [0.5, 0.6) is 5.75 Å². The van der Waals surface area contributed by atoms with Crippen LogP contribution in [0.25, 0.3) is 34.3 Å². The first-order valence-electron chi connectivity index (χ1n) is 24.1. The highest BCUT2D eigenvalue weighted by Crippen LogP contribution is 2.46. The number of ether oxygens (including phenoxy) is 4. The fourth-order valence-electron chi connectivity index (χ4n) is 10.0. The molecule has 0 bridgehead atoms. The number of hydrogen-bond donors (Lipinski definition) is 4. The van der Waals surface area contributed by atoms with E-state index >= 15 is 4.39 Å². The van der Waals surface area contributed by atoms with E-state index in [0.29, 0.717) is 54.8 Å². The summed E-state index contributed by atoms with van der Waals surface area (Å²) in [6, 6.07) is 8.70. The summed E-state index contributed by atoms with van der Waals surface area (Å²) in [6.07, 6.45) is 12.1. The molecule has 0 spiro atoms. The van der Waals surface area contributed by atoms with Crippen molar-refractivity contribution in [2.24, 2.45) is 11.8 Å².